The standard InChI is InChI=1S/C6H6ClNO2S2/c7-5-2-1-3-6(11-5)12(10)8-4-9/h2-4H,1H2,(H,8,9)/t12-/m1/s1. The molecule has 0 radical (unpaired) electrons. The number of thioether (sulfide) groups is 1. The lowest BCUT2D eigenvalue weighted by molar-refractivity contribution is -0.108. The summed E-state index contributed by atoms with van der Waals surface area (Å²) < 4.78 is 14.5. The van der Waals surface area contributed by atoms with Gasteiger partial charge in [0.1, 0.15) is 0 Å². The zero-order valence-electron chi connectivity index (χ0n) is 5.95. The molecule has 1 rings (SSSR count). The Kier molecular flexibility index (Phi) is 3.84. The molecular formula is C6H6ClNO2S2. The van der Waals surface area contributed by atoms with Crippen LogP contribution in [0.5, 0.6) is 0 Å². The van der Waals surface area contributed by atoms with Gasteiger partial charge in [0, 0.05) is 0 Å². The second-order valence-electron chi connectivity index (χ2n) is 1.87. The van der Waals surface area contributed by atoms with Gasteiger partial charge in [-0.15, -0.1) is 0 Å². The molecule has 12 heavy (non-hydrogen) atoms. The van der Waals surface area contributed by atoms with Gasteiger partial charge in [0.05, 0.1) is 8.60 Å². The highest BCUT2D eigenvalue weighted by molar-refractivity contribution is 8.19. The third-order valence-corrected chi connectivity index (χ3v) is 3.76. The summed E-state index contributed by atoms with van der Waals surface area (Å²) in [6, 6.07) is 0. The van der Waals surface area contributed by atoms with Gasteiger partial charge in [-0.3, -0.25) is 9.52 Å². The van der Waals surface area contributed by atoms with Crippen molar-refractivity contribution in [2.24, 2.45) is 0 Å². The maximum Gasteiger partial charge on any atom is 0.219 e. The van der Waals surface area contributed by atoms with Crippen LogP contribution in [0.3, 0.4) is 0 Å². The molecule has 0 saturated carbocycles. The molecule has 1 amide bonds. The fourth-order valence-corrected chi connectivity index (χ4v) is 2.84. The van der Waals surface area contributed by atoms with Crippen LogP contribution in [0.4, 0.5) is 0 Å². The number of hydrogen-bond donors (Lipinski definition) is 1. The monoisotopic (exact) mass is 223 g/mol. The Morgan fingerprint density at radius 1 is 1.67 bits per heavy atom. The molecule has 0 aromatic carbocycles. The summed E-state index contributed by atoms with van der Waals surface area (Å²) >= 11 is 6.89. The number of nitrogens with one attached hydrogen (secondary N) is 1. The van der Waals surface area contributed by atoms with Crippen molar-refractivity contribution >= 4 is 40.8 Å². The average molecular weight is 224 g/mol. The van der Waals surface area contributed by atoms with Crippen molar-refractivity contribution in [1.29, 1.82) is 0 Å². The molecule has 1 atom stereocenters. The minimum atomic E-state index is -1.45. The van der Waals surface area contributed by atoms with E-state index in [4.69, 9.17) is 11.6 Å². The topological polar surface area (TPSA) is 46.2 Å². The molecule has 0 bridgehead atoms. The van der Waals surface area contributed by atoms with Gasteiger partial charge in [-0.2, -0.15) is 0 Å². The zero-order chi connectivity index (χ0) is 8.97. The Morgan fingerprint density at radius 2 is 2.42 bits per heavy atom. The Hall–Kier alpha value is -0.260. The smallest absolute Gasteiger partial charge is 0.219 e. The Labute approximate surface area is 81.8 Å². The van der Waals surface area contributed by atoms with E-state index in [1.807, 2.05) is 6.08 Å². The van der Waals surface area contributed by atoms with Gasteiger partial charge < -0.3 is 0 Å². The molecule has 0 aromatic heterocycles. The van der Waals surface area contributed by atoms with Gasteiger partial charge in [0.25, 0.3) is 0 Å². The van der Waals surface area contributed by atoms with E-state index in [-0.39, 0.29) is 0 Å². The summed E-state index contributed by atoms with van der Waals surface area (Å²) in [4.78, 5) is 9.95. The predicted molar refractivity (Wildman–Crippen MR) is 51.6 cm³/mol. The van der Waals surface area contributed by atoms with E-state index >= 15 is 0 Å². The summed E-state index contributed by atoms with van der Waals surface area (Å²) in [5, 5.41) is 0. The highest BCUT2D eigenvalue weighted by Crippen LogP contribution is 2.34. The lowest BCUT2D eigenvalue weighted by Gasteiger charge is -2.07. The molecule has 6 heteroatoms. The number of carbonyl (C=O) groups is 1. The van der Waals surface area contributed by atoms with Crippen molar-refractivity contribution in [2.45, 2.75) is 6.42 Å². The largest absolute Gasteiger partial charge is 0.278 e. The zero-order valence-corrected chi connectivity index (χ0v) is 8.34. The van der Waals surface area contributed by atoms with Gasteiger partial charge in [0.15, 0.2) is 11.0 Å². The van der Waals surface area contributed by atoms with Crippen molar-refractivity contribution in [3.63, 3.8) is 0 Å². The van der Waals surface area contributed by atoms with Crippen LogP contribution in [-0.2, 0) is 15.8 Å². The maximum absolute atomic E-state index is 11.1. The SMILES string of the molecule is O=CN[S@](=O)C1=CCC=C(Cl)S1. The number of carbonyl (C=O) groups excluding carboxylic acids is 1. The highest BCUT2D eigenvalue weighted by Gasteiger charge is 2.11. The Morgan fingerprint density at radius 3 is 3.00 bits per heavy atom. The molecule has 0 saturated heterocycles. The number of hydrogen-bond acceptors (Lipinski definition) is 3. The molecule has 0 spiro atoms. The molecule has 0 aliphatic carbocycles. The fourth-order valence-electron chi connectivity index (χ4n) is 0.643. The van der Waals surface area contributed by atoms with Crippen molar-refractivity contribution in [1.82, 2.24) is 4.72 Å². The minimum absolute atomic E-state index is 0.406. The number of rotatable bonds is 3. The number of allylic oxidation sites excluding steroid dienone is 2. The van der Waals surface area contributed by atoms with Crippen LogP contribution in [-0.4, -0.2) is 10.6 Å². The third kappa shape index (κ3) is 2.66. The Bertz CT molecular complexity index is 275. The van der Waals surface area contributed by atoms with Crippen LogP contribution in [0.2, 0.25) is 0 Å². The van der Waals surface area contributed by atoms with Crippen LogP contribution in [0.25, 0.3) is 0 Å². The van der Waals surface area contributed by atoms with E-state index in [9.17, 15) is 9.00 Å². The van der Waals surface area contributed by atoms with E-state index in [1.165, 1.54) is 11.8 Å². The summed E-state index contributed by atoms with van der Waals surface area (Å²) in [7, 11) is -1.45. The van der Waals surface area contributed by atoms with Crippen molar-refractivity contribution in [3.05, 3.63) is 20.8 Å². The van der Waals surface area contributed by atoms with Crippen LogP contribution >= 0.6 is 23.4 Å². The first-order chi connectivity index (χ1) is 5.74. The quantitative estimate of drug-likeness (QED) is 0.737. The first-order valence-corrected chi connectivity index (χ1v) is 5.43. The van der Waals surface area contributed by atoms with E-state index in [1.54, 1.807) is 6.08 Å². The second kappa shape index (κ2) is 4.69. The molecular weight excluding hydrogens is 218 g/mol. The molecule has 1 aliphatic heterocycles. The third-order valence-electron chi connectivity index (χ3n) is 1.10. The molecule has 1 heterocycles. The van der Waals surface area contributed by atoms with E-state index < -0.39 is 11.0 Å². The van der Waals surface area contributed by atoms with Gasteiger partial charge in [-0.25, -0.2) is 4.21 Å². The molecule has 66 valence electrons. The van der Waals surface area contributed by atoms with Crippen LogP contribution in [0.1, 0.15) is 6.42 Å². The highest BCUT2D eigenvalue weighted by atomic mass is 35.5. The predicted octanol–water partition coefficient (Wildman–Crippen LogP) is 1.45. The molecule has 1 N–H and O–H groups in total. The molecule has 3 nitrogen and oxygen atoms in total. The lowest BCUT2D eigenvalue weighted by Crippen LogP contribution is -2.15. The minimum Gasteiger partial charge on any atom is -0.278 e. The summed E-state index contributed by atoms with van der Waals surface area (Å²) in [6.45, 7) is 0. The molecule has 0 unspecified atom stereocenters. The number of amides is 1. The maximum atomic E-state index is 11.1. The lowest BCUT2D eigenvalue weighted by atomic mass is 10.4. The van der Waals surface area contributed by atoms with Gasteiger partial charge in [-0.1, -0.05) is 35.5 Å². The first-order valence-electron chi connectivity index (χ1n) is 3.09. The second-order valence-corrected chi connectivity index (χ2v) is 5.06. The van der Waals surface area contributed by atoms with E-state index in [0.717, 1.165) is 0 Å². The van der Waals surface area contributed by atoms with Crippen molar-refractivity contribution in [2.75, 3.05) is 0 Å². The number of halogens is 1. The van der Waals surface area contributed by atoms with Gasteiger partial charge in [0.2, 0.25) is 6.41 Å². The van der Waals surface area contributed by atoms with Crippen molar-refractivity contribution < 1.29 is 9.00 Å². The van der Waals surface area contributed by atoms with Gasteiger partial charge >= 0.3 is 0 Å². The fraction of sp³-hybridized carbons (Fsp3) is 0.167. The van der Waals surface area contributed by atoms with Crippen molar-refractivity contribution in [3.8, 4) is 0 Å². The van der Waals surface area contributed by atoms with Crippen LogP contribution in [0.15, 0.2) is 20.8 Å². The normalized spacial score (nSPS) is 19.1. The molecule has 0 fully saturated rings. The molecule has 1 aliphatic rings. The van der Waals surface area contributed by atoms with Crippen LogP contribution in [0, 0.1) is 0 Å². The first kappa shape index (κ1) is 9.83. The summed E-state index contributed by atoms with van der Waals surface area (Å²) in [6.07, 6.45) is 4.65. The van der Waals surface area contributed by atoms with Crippen LogP contribution < -0.4 is 4.72 Å². The Balaban J connectivity index is 2.59. The van der Waals surface area contributed by atoms with E-state index in [2.05, 4.69) is 4.72 Å². The summed E-state index contributed by atoms with van der Waals surface area (Å²) in [5.74, 6) is 0. The summed E-state index contributed by atoms with van der Waals surface area (Å²) in [5.41, 5.74) is 0. The molecule has 0 aromatic rings. The average Bonchev–Trinajstić information content (AvgIpc) is 2.05. The van der Waals surface area contributed by atoms with Gasteiger partial charge in [-0.05, 0) is 6.42 Å². The van der Waals surface area contributed by atoms with E-state index in [0.29, 0.717) is 21.4 Å².